The number of nitrogens with zero attached hydrogens (tertiary/aromatic N) is 2. The molecule has 0 radical (unpaired) electrons. The summed E-state index contributed by atoms with van der Waals surface area (Å²) in [5, 5.41) is 3.06. The highest BCUT2D eigenvalue weighted by Crippen LogP contribution is 2.18. The average Bonchev–Trinajstić information content (AvgIpc) is 3.27. The zero-order valence-corrected chi connectivity index (χ0v) is 14.2. The molecule has 0 fully saturated rings. The number of carbonyl (C=O) groups is 1. The molecule has 124 valence electrons. The number of benzene rings is 1. The van der Waals surface area contributed by atoms with Crippen molar-refractivity contribution in [2.45, 2.75) is 18.3 Å². The third-order valence-electron chi connectivity index (χ3n) is 3.63. The third-order valence-corrected chi connectivity index (χ3v) is 4.21. The van der Waals surface area contributed by atoms with Gasteiger partial charge in [0, 0.05) is 18.9 Å². The molecule has 0 aliphatic carbocycles. The zero-order valence-electron chi connectivity index (χ0n) is 13.4. The molecule has 1 atom stereocenters. The Labute approximate surface area is 145 Å². The smallest absolute Gasteiger partial charge is 0.287 e. The van der Waals surface area contributed by atoms with Crippen molar-refractivity contribution >= 4 is 17.7 Å². The summed E-state index contributed by atoms with van der Waals surface area (Å²) in [6, 6.07) is 13.3. The number of hydrogen-bond acceptors (Lipinski definition) is 4. The van der Waals surface area contributed by atoms with E-state index in [9.17, 15) is 4.79 Å². The van der Waals surface area contributed by atoms with Gasteiger partial charge in [-0.1, -0.05) is 30.3 Å². The van der Waals surface area contributed by atoms with Crippen molar-refractivity contribution in [3.8, 4) is 0 Å². The van der Waals surface area contributed by atoms with Gasteiger partial charge in [-0.2, -0.15) is 11.8 Å². The van der Waals surface area contributed by atoms with Gasteiger partial charge >= 0.3 is 0 Å². The topological polar surface area (TPSA) is 60.1 Å². The van der Waals surface area contributed by atoms with E-state index in [4.69, 9.17) is 4.42 Å². The summed E-state index contributed by atoms with van der Waals surface area (Å²) in [7, 11) is 0. The van der Waals surface area contributed by atoms with Crippen molar-refractivity contribution in [1.82, 2.24) is 14.9 Å². The van der Waals surface area contributed by atoms with Crippen LogP contribution in [0.3, 0.4) is 0 Å². The Balaban J connectivity index is 1.76. The van der Waals surface area contributed by atoms with Crippen LogP contribution in [0.2, 0.25) is 0 Å². The predicted octanol–water partition coefficient (Wildman–Crippen LogP) is 3.51. The first-order chi connectivity index (χ1) is 11.8. The maximum Gasteiger partial charge on any atom is 0.287 e. The average molecular weight is 341 g/mol. The van der Waals surface area contributed by atoms with Crippen LogP contribution in [0.25, 0.3) is 0 Å². The van der Waals surface area contributed by atoms with Gasteiger partial charge in [-0.15, -0.1) is 0 Å². The fourth-order valence-electron chi connectivity index (χ4n) is 2.47. The molecule has 5 nitrogen and oxygen atoms in total. The normalized spacial score (nSPS) is 12.0. The molecule has 1 aromatic carbocycles. The lowest BCUT2D eigenvalue weighted by atomic mass is 10.1. The van der Waals surface area contributed by atoms with Gasteiger partial charge in [0.1, 0.15) is 5.76 Å². The van der Waals surface area contributed by atoms with E-state index < -0.39 is 0 Å². The molecular weight excluding hydrogens is 322 g/mol. The standard InChI is InChI=1S/C18H19N3O2S/c1-24-12-15-7-8-17(23-15)18(22)20-16(11-21-10-9-19-13-21)14-5-3-2-4-6-14/h2-10,13,16H,11-12H2,1H3,(H,20,22)/t16-/m1/s1. The first-order valence-corrected chi connectivity index (χ1v) is 9.05. The Bertz CT molecular complexity index is 769. The molecule has 1 amide bonds. The van der Waals surface area contributed by atoms with Crippen molar-refractivity contribution in [1.29, 1.82) is 0 Å². The van der Waals surface area contributed by atoms with Crippen LogP contribution in [0.4, 0.5) is 0 Å². The molecule has 2 heterocycles. The first kappa shape index (κ1) is 16.4. The molecule has 1 N–H and O–H groups in total. The van der Waals surface area contributed by atoms with Crippen LogP contribution in [-0.2, 0) is 12.3 Å². The Morgan fingerprint density at radius 3 is 2.83 bits per heavy atom. The molecule has 0 aliphatic heterocycles. The molecule has 0 spiro atoms. The number of nitrogens with one attached hydrogen (secondary N) is 1. The number of hydrogen-bond donors (Lipinski definition) is 1. The van der Waals surface area contributed by atoms with Gasteiger partial charge in [-0.05, 0) is 24.0 Å². The van der Waals surface area contributed by atoms with E-state index in [1.165, 1.54) is 0 Å². The molecule has 0 unspecified atom stereocenters. The Hall–Kier alpha value is -2.47. The Kier molecular flexibility index (Phi) is 5.38. The molecule has 0 aliphatic rings. The summed E-state index contributed by atoms with van der Waals surface area (Å²) in [6.07, 6.45) is 7.35. The number of carbonyl (C=O) groups excluding carboxylic acids is 1. The molecule has 3 rings (SSSR count). The van der Waals surface area contributed by atoms with Crippen molar-refractivity contribution < 1.29 is 9.21 Å². The third kappa shape index (κ3) is 4.08. The molecule has 2 aromatic heterocycles. The molecular formula is C18H19N3O2S. The summed E-state index contributed by atoms with van der Waals surface area (Å²) in [5.41, 5.74) is 1.04. The van der Waals surface area contributed by atoms with E-state index in [0.29, 0.717) is 12.3 Å². The first-order valence-electron chi connectivity index (χ1n) is 7.65. The second-order valence-electron chi connectivity index (χ2n) is 5.40. The van der Waals surface area contributed by atoms with Gasteiger partial charge in [0.15, 0.2) is 5.76 Å². The van der Waals surface area contributed by atoms with Crippen LogP contribution in [0, 0.1) is 0 Å². The number of amides is 1. The number of aromatic nitrogens is 2. The van der Waals surface area contributed by atoms with E-state index >= 15 is 0 Å². The van der Waals surface area contributed by atoms with Gasteiger partial charge in [0.25, 0.3) is 5.91 Å². The summed E-state index contributed by atoms with van der Waals surface area (Å²) in [6.45, 7) is 0.605. The second-order valence-corrected chi connectivity index (χ2v) is 6.26. The number of thioether (sulfide) groups is 1. The lowest BCUT2D eigenvalue weighted by molar-refractivity contribution is 0.0903. The minimum Gasteiger partial charge on any atom is -0.455 e. The van der Waals surface area contributed by atoms with Crippen LogP contribution in [-0.4, -0.2) is 21.7 Å². The van der Waals surface area contributed by atoms with Gasteiger partial charge in [0.2, 0.25) is 0 Å². The van der Waals surface area contributed by atoms with Crippen LogP contribution >= 0.6 is 11.8 Å². The van der Waals surface area contributed by atoms with Crippen molar-refractivity contribution in [3.63, 3.8) is 0 Å². The summed E-state index contributed by atoms with van der Waals surface area (Å²) in [4.78, 5) is 16.6. The highest BCUT2D eigenvalue weighted by molar-refractivity contribution is 7.97. The summed E-state index contributed by atoms with van der Waals surface area (Å²) >= 11 is 1.66. The number of imidazole rings is 1. The van der Waals surface area contributed by atoms with Crippen LogP contribution in [0.15, 0.2) is 65.6 Å². The van der Waals surface area contributed by atoms with Gasteiger partial charge in [-0.25, -0.2) is 4.98 Å². The molecule has 0 saturated carbocycles. The van der Waals surface area contributed by atoms with E-state index in [-0.39, 0.29) is 11.9 Å². The van der Waals surface area contributed by atoms with E-state index in [0.717, 1.165) is 17.1 Å². The lowest BCUT2D eigenvalue weighted by Crippen LogP contribution is -2.31. The van der Waals surface area contributed by atoms with Gasteiger partial charge < -0.3 is 14.3 Å². The number of rotatable bonds is 7. The highest BCUT2D eigenvalue weighted by atomic mass is 32.2. The largest absolute Gasteiger partial charge is 0.455 e. The molecule has 3 aromatic rings. The van der Waals surface area contributed by atoms with E-state index in [1.54, 1.807) is 30.4 Å². The minimum atomic E-state index is -0.212. The van der Waals surface area contributed by atoms with Crippen LogP contribution < -0.4 is 5.32 Å². The molecule has 0 bridgehead atoms. The fraction of sp³-hybridized carbons (Fsp3) is 0.222. The lowest BCUT2D eigenvalue weighted by Gasteiger charge is -2.19. The minimum absolute atomic E-state index is 0.165. The van der Waals surface area contributed by atoms with Crippen LogP contribution in [0.1, 0.15) is 27.9 Å². The Morgan fingerprint density at radius 1 is 1.29 bits per heavy atom. The predicted molar refractivity (Wildman–Crippen MR) is 94.8 cm³/mol. The van der Waals surface area contributed by atoms with E-state index in [1.807, 2.05) is 53.4 Å². The molecule has 0 saturated heterocycles. The zero-order chi connectivity index (χ0) is 16.8. The molecule has 6 heteroatoms. The summed E-state index contributed by atoms with van der Waals surface area (Å²) < 4.78 is 7.55. The Morgan fingerprint density at radius 2 is 2.12 bits per heavy atom. The van der Waals surface area contributed by atoms with E-state index in [2.05, 4.69) is 10.3 Å². The molecule has 24 heavy (non-hydrogen) atoms. The SMILES string of the molecule is CSCc1ccc(C(=O)N[C@H](Cn2ccnc2)c2ccccc2)o1. The van der Waals surface area contributed by atoms with Crippen molar-refractivity contribution in [3.05, 3.63) is 78.3 Å². The van der Waals surface area contributed by atoms with Crippen LogP contribution in [0.5, 0.6) is 0 Å². The van der Waals surface area contributed by atoms with Gasteiger partial charge in [-0.3, -0.25) is 4.79 Å². The fourth-order valence-corrected chi connectivity index (χ4v) is 2.91. The van der Waals surface area contributed by atoms with Crippen molar-refractivity contribution in [2.24, 2.45) is 0 Å². The number of furan rings is 1. The maximum atomic E-state index is 12.5. The summed E-state index contributed by atoms with van der Waals surface area (Å²) in [5.74, 6) is 1.69. The highest BCUT2D eigenvalue weighted by Gasteiger charge is 2.18. The quantitative estimate of drug-likeness (QED) is 0.714. The second kappa shape index (κ2) is 7.88. The van der Waals surface area contributed by atoms with Crippen molar-refractivity contribution in [2.75, 3.05) is 6.26 Å². The monoisotopic (exact) mass is 341 g/mol. The van der Waals surface area contributed by atoms with Gasteiger partial charge in [0.05, 0.1) is 18.1 Å². The maximum absolute atomic E-state index is 12.5.